The van der Waals surface area contributed by atoms with Crippen LogP contribution in [0.25, 0.3) is 0 Å². The molecule has 0 aromatic carbocycles. The second-order valence-corrected chi connectivity index (χ2v) is 1.96. The van der Waals surface area contributed by atoms with Crippen LogP contribution >= 0.6 is 0 Å². The summed E-state index contributed by atoms with van der Waals surface area (Å²) in [5, 5.41) is 11.0. The van der Waals surface area contributed by atoms with Crippen LogP contribution < -0.4 is 5.32 Å². The maximum atomic E-state index is 11.0. The minimum Gasteiger partial charge on any atom is -0.395 e. The standard InChI is InChI=1S/C7H14N2O2/c1-3-8-7(11)9(4-2)5-6-10/h3,10H,1,4-6H2,2H3,(H,8,11). The largest absolute Gasteiger partial charge is 0.395 e. The first-order valence-electron chi connectivity index (χ1n) is 3.53. The van der Waals surface area contributed by atoms with Crippen molar-refractivity contribution in [1.29, 1.82) is 0 Å². The monoisotopic (exact) mass is 158 g/mol. The van der Waals surface area contributed by atoms with Crippen molar-refractivity contribution < 1.29 is 9.90 Å². The predicted octanol–water partition coefficient (Wildman–Crippen LogP) is 0.154. The number of hydrogen-bond donors (Lipinski definition) is 2. The third-order valence-corrected chi connectivity index (χ3v) is 1.26. The number of rotatable bonds is 4. The van der Waals surface area contributed by atoms with Crippen molar-refractivity contribution in [3.05, 3.63) is 12.8 Å². The van der Waals surface area contributed by atoms with Gasteiger partial charge in [0, 0.05) is 13.1 Å². The summed E-state index contributed by atoms with van der Waals surface area (Å²) in [6, 6.07) is -0.225. The quantitative estimate of drug-likeness (QED) is 0.612. The van der Waals surface area contributed by atoms with E-state index in [2.05, 4.69) is 11.9 Å². The average Bonchev–Trinajstić information content (AvgIpc) is 2.00. The third-order valence-electron chi connectivity index (χ3n) is 1.26. The van der Waals surface area contributed by atoms with Crippen molar-refractivity contribution in [2.24, 2.45) is 0 Å². The molecule has 2 N–H and O–H groups in total. The molecule has 0 saturated carbocycles. The van der Waals surface area contributed by atoms with Crippen LogP contribution in [0.2, 0.25) is 0 Å². The first-order chi connectivity index (χ1) is 5.26. The van der Waals surface area contributed by atoms with Gasteiger partial charge >= 0.3 is 6.03 Å². The molecule has 4 nitrogen and oxygen atoms in total. The molecule has 0 fully saturated rings. The molecule has 0 spiro atoms. The average molecular weight is 158 g/mol. The molecular weight excluding hydrogens is 144 g/mol. The molecule has 0 aliphatic carbocycles. The van der Waals surface area contributed by atoms with Crippen molar-refractivity contribution in [1.82, 2.24) is 10.2 Å². The fourth-order valence-corrected chi connectivity index (χ4v) is 0.703. The van der Waals surface area contributed by atoms with E-state index in [1.807, 2.05) is 6.92 Å². The summed E-state index contributed by atoms with van der Waals surface area (Å²) < 4.78 is 0. The van der Waals surface area contributed by atoms with E-state index >= 15 is 0 Å². The van der Waals surface area contributed by atoms with Crippen LogP contribution in [0.5, 0.6) is 0 Å². The number of aliphatic hydroxyl groups excluding tert-OH is 1. The highest BCUT2D eigenvalue weighted by Crippen LogP contribution is 1.87. The van der Waals surface area contributed by atoms with Crippen LogP contribution in [0.15, 0.2) is 12.8 Å². The lowest BCUT2D eigenvalue weighted by Crippen LogP contribution is -2.39. The highest BCUT2D eigenvalue weighted by atomic mass is 16.3. The van der Waals surface area contributed by atoms with Crippen LogP contribution in [-0.2, 0) is 0 Å². The normalized spacial score (nSPS) is 8.91. The molecule has 11 heavy (non-hydrogen) atoms. The van der Waals surface area contributed by atoms with Gasteiger partial charge in [0.25, 0.3) is 0 Å². The Kier molecular flexibility index (Phi) is 5.20. The number of hydrogen-bond acceptors (Lipinski definition) is 2. The Morgan fingerprint density at radius 3 is 2.82 bits per heavy atom. The third kappa shape index (κ3) is 3.62. The van der Waals surface area contributed by atoms with E-state index in [4.69, 9.17) is 5.11 Å². The first kappa shape index (κ1) is 9.97. The summed E-state index contributed by atoms with van der Waals surface area (Å²) in [7, 11) is 0. The number of nitrogens with one attached hydrogen (secondary N) is 1. The fraction of sp³-hybridized carbons (Fsp3) is 0.571. The topological polar surface area (TPSA) is 52.6 Å². The van der Waals surface area contributed by atoms with Gasteiger partial charge in [-0.15, -0.1) is 0 Å². The van der Waals surface area contributed by atoms with E-state index in [-0.39, 0.29) is 12.6 Å². The zero-order chi connectivity index (χ0) is 8.69. The molecule has 0 aromatic heterocycles. The molecule has 4 heteroatoms. The molecule has 0 bridgehead atoms. The van der Waals surface area contributed by atoms with Crippen molar-refractivity contribution in [2.45, 2.75) is 6.92 Å². The Morgan fingerprint density at radius 1 is 1.82 bits per heavy atom. The lowest BCUT2D eigenvalue weighted by Gasteiger charge is -2.18. The van der Waals surface area contributed by atoms with Gasteiger partial charge in [0.2, 0.25) is 0 Å². The molecule has 2 amide bonds. The number of urea groups is 1. The Morgan fingerprint density at radius 2 is 2.45 bits per heavy atom. The summed E-state index contributed by atoms with van der Waals surface area (Å²) in [6.45, 7) is 6.13. The summed E-state index contributed by atoms with van der Waals surface area (Å²) in [5.41, 5.74) is 0. The molecule has 0 radical (unpaired) electrons. The van der Waals surface area contributed by atoms with Crippen LogP contribution in [-0.4, -0.2) is 35.7 Å². The highest BCUT2D eigenvalue weighted by molar-refractivity contribution is 5.75. The molecule has 64 valence electrons. The van der Waals surface area contributed by atoms with Crippen LogP contribution in [0.1, 0.15) is 6.92 Å². The predicted molar refractivity (Wildman–Crippen MR) is 43.1 cm³/mol. The highest BCUT2D eigenvalue weighted by Gasteiger charge is 2.07. The Labute approximate surface area is 66.5 Å². The number of carbonyl (C=O) groups excluding carboxylic acids is 1. The van der Waals surface area contributed by atoms with E-state index in [0.29, 0.717) is 13.1 Å². The van der Waals surface area contributed by atoms with Gasteiger partial charge in [0.1, 0.15) is 0 Å². The number of aliphatic hydroxyl groups is 1. The summed E-state index contributed by atoms with van der Waals surface area (Å²) in [6.07, 6.45) is 1.32. The Balaban J connectivity index is 3.80. The summed E-state index contributed by atoms with van der Waals surface area (Å²) >= 11 is 0. The van der Waals surface area contributed by atoms with E-state index in [9.17, 15) is 4.79 Å². The van der Waals surface area contributed by atoms with Crippen molar-refractivity contribution in [2.75, 3.05) is 19.7 Å². The molecule has 0 aliphatic heterocycles. The molecule has 0 rings (SSSR count). The number of amides is 2. The maximum Gasteiger partial charge on any atom is 0.321 e. The second kappa shape index (κ2) is 5.73. The van der Waals surface area contributed by atoms with Gasteiger partial charge in [-0.1, -0.05) is 6.58 Å². The molecule has 0 unspecified atom stereocenters. The molecule has 0 aliphatic rings. The SMILES string of the molecule is C=CNC(=O)N(CC)CCO. The van der Waals surface area contributed by atoms with Crippen molar-refractivity contribution >= 4 is 6.03 Å². The van der Waals surface area contributed by atoms with Gasteiger partial charge < -0.3 is 15.3 Å². The number of carbonyl (C=O) groups is 1. The van der Waals surface area contributed by atoms with E-state index in [0.717, 1.165) is 0 Å². The molecule has 0 heterocycles. The lowest BCUT2D eigenvalue weighted by atomic mass is 10.5. The fourth-order valence-electron chi connectivity index (χ4n) is 0.703. The van der Waals surface area contributed by atoms with Gasteiger partial charge in [-0.3, -0.25) is 0 Å². The minimum absolute atomic E-state index is 0.0155. The van der Waals surface area contributed by atoms with E-state index < -0.39 is 0 Å². The van der Waals surface area contributed by atoms with Gasteiger partial charge in [0.05, 0.1) is 6.61 Å². The number of likely N-dealkylation sites (N-methyl/N-ethyl adjacent to an activating group) is 1. The van der Waals surface area contributed by atoms with Gasteiger partial charge in [0.15, 0.2) is 0 Å². The van der Waals surface area contributed by atoms with Crippen LogP contribution in [0.3, 0.4) is 0 Å². The zero-order valence-electron chi connectivity index (χ0n) is 6.71. The van der Waals surface area contributed by atoms with Crippen molar-refractivity contribution in [3.8, 4) is 0 Å². The number of nitrogens with zero attached hydrogens (tertiary/aromatic N) is 1. The molecule has 0 saturated heterocycles. The van der Waals surface area contributed by atoms with E-state index in [1.54, 1.807) is 0 Å². The Bertz CT molecular complexity index is 136. The van der Waals surface area contributed by atoms with Gasteiger partial charge in [-0.25, -0.2) is 4.79 Å². The summed E-state index contributed by atoms with van der Waals surface area (Å²) in [5.74, 6) is 0. The molecule has 0 aromatic rings. The lowest BCUT2D eigenvalue weighted by molar-refractivity contribution is 0.183. The van der Waals surface area contributed by atoms with Gasteiger partial charge in [-0.2, -0.15) is 0 Å². The Hall–Kier alpha value is -1.03. The minimum atomic E-state index is -0.225. The zero-order valence-corrected chi connectivity index (χ0v) is 6.71. The summed E-state index contributed by atoms with van der Waals surface area (Å²) in [4.78, 5) is 12.5. The first-order valence-corrected chi connectivity index (χ1v) is 3.53. The molecular formula is C7H14N2O2. The molecule has 0 atom stereocenters. The van der Waals surface area contributed by atoms with Crippen LogP contribution in [0.4, 0.5) is 4.79 Å². The van der Waals surface area contributed by atoms with Crippen molar-refractivity contribution in [3.63, 3.8) is 0 Å². The van der Waals surface area contributed by atoms with E-state index in [1.165, 1.54) is 11.1 Å². The smallest absolute Gasteiger partial charge is 0.321 e. The van der Waals surface area contributed by atoms with Gasteiger partial charge in [-0.05, 0) is 13.1 Å². The maximum absolute atomic E-state index is 11.0. The second-order valence-electron chi connectivity index (χ2n) is 1.96. The van der Waals surface area contributed by atoms with Crippen LogP contribution in [0, 0.1) is 0 Å².